The molecule has 2 heterocycles. The molecule has 1 aromatic carbocycles. The lowest BCUT2D eigenvalue weighted by molar-refractivity contribution is 0.0951. The molecule has 1 amide bonds. The van der Waals surface area contributed by atoms with Crippen LogP contribution < -0.4 is 16.5 Å². The summed E-state index contributed by atoms with van der Waals surface area (Å²) in [6, 6.07) is 7.35. The number of hydrogen-bond acceptors (Lipinski definition) is 4. The highest BCUT2D eigenvalue weighted by Crippen LogP contribution is 2.29. The highest BCUT2D eigenvalue weighted by molar-refractivity contribution is 5.95. The van der Waals surface area contributed by atoms with Crippen LogP contribution in [0.2, 0.25) is 0 Å². The first-order valence-electron chi connectivity index (χ1n) is 9.80. The zero-order valence-corrected chi connectivity index (χ0v) is 17.1. The van der Waals surface area contributed by atoms with Crippen LogP contribution in [0.3, 0.4) is 0 Å². The SMILES string of the molecule is C=C1C(c2cnn(C)c2C)=CC=CN1NC(N)=Nc1ccc(C(=O)NC2CC2)cc1. The minimum absolute atomic E-state index is 0.0566. The van der Waals surface area contributed by atoms with E-state index in [0.717, 1.165) is 35.4 Å². The van der Waals surface area contributed by atoms with Gasteiger partial charge < -0.3 is 11.1 Å². The Morgan fingerprint density at radius 3 is 2.67 bits per heavy atom. The Balaban J connectivity index is 1.42. The van der Waals surface area contributed by atoms with Crippen LogP contribution in [0.1, 0.15) is 34.5 Å². The van der Waals surface area contributed by atoms with Gasteiger partial charge in [-0.3, -0.25) is 19.9 Å². The first-order chi connectivity index (χ1) is 14.4. The summed E-state index contributed by atoms with van der Waals surface area (Å²) in [6.07, 6.45) is 9.66. The molecule has 30 heavy (non-hydrogen) atoms. The molecule has 0 bridgehead atoms. The lowest BCUT2D eigenvalue weighted by Gasteiger charge is -2.27. The lowest BCUT2D eigenvalue weighted by Crippen LogP contribution is -2.42. The molecule has 1 aliphatic heterocycles. The van der Waals surface area contributed by atoms with Gasteiger partial charge in [0.05, 0.1) is 17.6 Å². The van der Waals surface area contributed by atoms with Gasteiger partial charge in [-0.2, -0.15) is 5.10 Å². The van der Waals surface area contributed by atoms with Crippen molar-refractivity contribution in [3.63, 3.8) is 0 Å². The molecule has 0 saturated heterocycles. The van der Waals surface area contributed by atoms with E-state index in [-0.39, 0.29) is 11.9 Å². The molecule has 2 aromatic rings. The van der Waals surface area contributed by atoms with E-state index in [0.29, 0.717) is 17.3 Å². The number of carbonyl (C=O) groups is 1. The monoisotopic (exact) mass is 403 g/mol. The van der Waals surface area contributed by atoms with Crippen LogP contribution in [0, 0.1) is 6.92 Å². The summed E-state index contributed by atoms with van der Waals surface area (Å²) in [5, 5.41) is 8.99. The average molecular weight is 403 g/mol. The van der Waals surface area contributed by atoms with Gasteiger partial charge in [-0.25, -0.2) is 4.99 Å². The van der Waals surface area contributed by atoms with Gasteiger partial charge in [-0.1, -0.05) is 12.7 Å². The minimum Gasteiger partial charge on any atom is -0.368 e. The maximum absolute atomic E-state index is 12.1. The molecule has 1 aliphatic carbocycles. The van der Waals surface area contributed by atoms with Crippen LogP contribution in [0.15, 0.2) is 66.1 Å². The second kappa shape index (κ2) is 7.90. The van der Waals surface area contributed by atoms with Gasteiger partial charge in [0, 0.05) is 41.7 Å². The number of aliphatic imine (C=N–C) groups is 1. The molecule has 8 nitrogen and oxygen atoms in total. The third-order valence-corrected chi connectivity index (χ3v) is 5.15. The fourth-order valence-electron chi connectivity index (χ4n) is 3.13. The average Bonchev–Trinajstić information content (AvgIpc) is 3.48. The van der Waals surface area contributed by atoms with Crippen molar-refractivity contribution >= 4 is 23.1 Å². The number of aryl methyl sites for hydroxylation is 1. The number of carbonyl (C=O) groups excluding carboxylic acids is 1. The molecule has 4 rings (SSSR count). The topological polar surface area (TPSA) is 101 Å². The summed E-state index contributed by atoms with van der Waals surface area (Å²) in [6.45, 7) is 6.19. The summed E-state index contributed by atoms with van der Waals surface area (Å²) in [7, 11) is 1.91. The van der Waals surface area contributed by atoms with Crippen molar-refractivity contribution in [3.05, 3.63) is 77.9 Å². The molecule has 8 heteroatoms. The number of hydrazine groups is 1. The largest absolute Gasteiger partial charge is 0.368 e. The van der Waals surface area contributed by atoms with E-state index in [9.17, 15) is 4.79 Å². The number of rotatable bonds is 5. The second-order valence-electron chi connectivity index (χ2n) is 7.41. The number of benzene rings is 1. The third-order valence-electron chi connectivity index (χ3n) is 5.15. The molecule has 0 atom stereocenters. The molecule has 2 aliphatic rings. The van der Waals surface area contributed by atoms with Crippen molar-refractivity contribution in [3.8, 4) is 0 Å². The lowest BCUT2D eigenvalue weighted by atomic mass is 10.0. The Labute approximate surface area is 175 Å². The fourth-order valence-corrected chi connectivity index (χ4v) is 3.13. The van der Waals surface area contributed by atoms with Crippen LogP contribution in [0.25, 0.3) is 5.57 Å². The van der Waals surface area contributed by atoms with E-state index in [2.05, 4.69) is 27.4 Å². The number of guanidine groups is 1. The zero-order valence-electron chi connectivity index (χ0n) is 17.1. The van der Waals surface area contributed by atoms with Gasteiger partial charge in [0.1, 0.15) is 0 Å². The van der Waals surface area contributed by atoms with Crippen molar-refractivity contribution in [1.29, 1.82) is 0 Å². The van der Waals surface area contributed by atoms with Crippen LogP contribution in [-0.4, -0.2) is 32.7 Å². The highest BCUT2D eigenvalue weighted by atomic mass is 16.1. The van der Waals surface area contributed by atoms with E-state index >= 15 is 0 Å². The Kier molecular flexibility index (Phi) is 5.14. The van der Waals surface area contributed by atoms with Crippen LogP contribution in [0.5, 0.6) is 0 Å². The predicted molar refractivity (Wildman–Crippen MR) is 117 cm³/mol. The zero-order chi connectivity index (χ0) is 21.3. The van der Waals surface area contributed by atoms with E-state index in [4.69, 9.17) is 5.73 Å². The summed E-state index contributed by atoms with van der Waals surface area (Å²) in [5.41, 5.74) is 14.1. The predicted octanol–water partition coefficient (Wildman–Crippen LogP) is 2.50. The van der Waals surface area contributed by atoms with Crippen molar-refractivity contribution in [2.24, 2.45) is 17.8 Å². The van der Waals surface area contributed by atoms with Gasteiger partial charge in [-0.05, 0) is 50.1 Å². The van der Waals surface area contributed by atoms with E-state index in [1.807, 2.05) is 43.2 Å². The molecule has 0 unspecified atom stereocenters. The number of nitrogens with zero attached hydrogens (tertiary/aromatic N) is 4. The van der Waals surface area contributed by atoms with Gasteiger partial charge >= 0.3 is 0 Å². The van der Waals surface area contributed by atoms with Crippen molar-refractivity contribution < 1.29 is 4.79 Å². The number of allylic oxidation sites excluding steroid dienone is 3. The van der Waals surface area contributed by atoms with Gasteiger partial charge in [-0.15, -0.1) is 0 Å². The molecular weight excluding hydrogens is 378 g/mol. The first kappa shape index (κ1) is 19.5. The normalized spacial score (nSPS) is 16.5. The molecule has 1 aromatic heterocycles. The summed E-state index contributed by atoms with van der Waals surface area (Å²) in [4.78, 5) is 16.5. The second-order valence-corrected chi connectivity index (χ2v) is 7.41. The molecular formula is C22H25N7O. The highest BCUT2D eigenvalue weighted by Gasteiger charge is 2.23. The number of amides is 1. The number of aromatic nitrogens is 2. The molecule has 0 radical (unpaired) electrons. The summed E-state index contributed by atoms with van der Waals surface area (Å²) < 4.78 is 1.82. The van der Waals surface area contributed by atoms with Crippen molar-refractivity contribution in [1.82, 2.24) is 25.5 Å². The Morgan fingerprint density at radius 2 is 2.03 bits per heavy atom. The van der Waals surface area contributed by atoms with Gasteiger partial charge in [0.15, 0.2) is 0 Å². The van der Waals surface area contributed by atoms with Crippen LogP contribution in [-0.2, 0) is 7.05 Å². The number of nitrogens with one attached hydrogen (secondary N) is 2. The Hall–Kier alpha value is -3.81. The number of nitrogens with two attached hydrogens (primary N) is 1. The standard InChI is InChI=1S/C22H25N7O/c1-14-20(13-24-28(14)3)19-5-4-12-29(15(19)2)27-22(23)26-18-8-6-16(7-9-18)21(30)25-17-10-11-17/h4-9,12-13,17H,2,10-11H2,1,3H3,(H,25,30)(H3,23,26,27). The minimum atomic E-state index is -0.0566. The molecule has 1 saturated carbocycles. The van der Waals surface area contributed by atoms with Gasteiger partial charge in [0.25, 0.3) is 5.91 Å². The maximum atomic E-state index is 12.1. The van der Waals surface area contributed by atoms with Crippen molar-refractivity contribution in [2.45, 2.75) is 25.8 Å². The van der Waals surface area contributed by atoms with Crippen LogP contribution >= 0.6 is 0 Å². The molecule has 154 valence electrons. The van der Waals surface area contributed by atoms with E-state index in [1.165, 1.54) is 0 Å². The van der Waals surface area contributed by atoms with Gasteiger partial charge in [0.2, 0.25) is 5.96 Å². The summed E-state index contributed by atoms with van der Waals surface area (Å²) in [5.74, 6) is 0.152. The number of hydrogen-bond donors (Lipinski definition) is 3. The molecule has 0 spiro atoms. The quantitative estimate of drug-likeness (QED) is 0.526. The summed E-state index contributed by atoms with van der Waals surface area (Å²) >= 11 is 0. The first-order valence-corrected chi connectivity index (χ1v) is 9.80. The Morgan fingerprint density at radius 1 is 1.30 bits per heavy atom. The van der Waals surface area contributed by atoms with E-state index < -0.39 is 0 Å². The maximum Gasteiger partial charge on any atom is 0.251 e. The fraction of sp³-hybridized carbons (Fsp3) is 0.227. The van der Waals surface area contributed by atoms with Crippen LogP contribution in [0.4, 0.5) is 5.69 Å². The third kappa shape index (κ3) is 4.12. The Bertz CT molecular complexity index is 1070. The van der Waals surface area contributed by atoms with E-state index in [1.54, 1.807) is 29.3 Å². The smallest absolute Gasteiger partial charge is 0.251 e. The van der Waals surface area contributed by atoms with Crippen molar-refractivity contribution in [2.75, 3.05) is 0 Å². The molecule has 4 N–H and O–H groups in total. The molecule has 1 fully saturated rings.